The minimum absolute atomic E-state index is 0. The molecule has 256 valence electrons. The summed E-state index contributed by atoms with van der Waals surface area (Å²) in [7, 11) is 4.64. The van der Waals surface area contributed by atoms with Crippen LogP contribution in [0.3, 0.4) is 0 Å². The summed E-state index contributed by atoms with van der Waals surface area (Å²) in [5.74, 6) is 3.43. The van der Waals surface area contributed by atoms with Crippen molar-refractivity contribution in [3.8, 4) is 17.2 Å². The summed E-state index contributed by atoms with van der Waals surface area (Å²) >= 11 is 16.8. The third-order valence-electron chi connectivity index (χ3n) is 7.71. The molecule has 0 aliphatic carbocycles. The molecule has 0 aromatic heterocycles. The number of hydrogen-bond donors (Lipinski definition) is 1. The van der Waals surface area contributed by atoms with E-state index in [1.165, 1.54) is 22.5 Å². The van der Waals surface area contributed by atoms with E-state index in [9.17, 15) is 0 Å². The van der Waals surface area contributed by atoms with Crippen LogP contribution in [-0.2, 0) is 19.5 Å². The molecule has 0 atom stereocenters. The minimum atomic E-state index is -3.71. The summed E-state index contributed by atoms with van der Waals surface area (Å²) in [5.41, 5.74) is 0. The number of hydrogen-bond acceptors (Lipinski definition) is 5. The van der Waals surface area contributed by atoms with Crippen LogP contribution in [0.4, 0.5) is 0 Å². The van der Waals surface area contributed by atoms with Crippen molar-refractivity contribution in [2.24, 2.45) is 0 Å². The molecule has 5 rings (SSSR count). The fourth-order valence-corrected chi connectivity index (χ4v) is 12.6. The molecule has 5 aromatic rings. The molecule has 5 aromatic carbocycles. The predicted octanol–water partition coefficient (Wildman–Crippen LogP) is 7.92. The first kappa shape index (κ1) is 40.3. The van der Waals surface area contributed by atoms with Gasteiger partial charge in [0.1, 0.15) is 0 Å². The largest absolute Gasteiger partial charge is 0.316 e. The van der Waals surface area contributed by atoms with Crippen molar-refractivity contribution in [3.63, 3.8) is 0 Å². The van der Waals surface area contributed by atoms with Gasteiger partial charge in [-0.25, -0.2) is 0 Å². The van der Waals surface area contributed by atoms with Crippen molar-refractivity contribution in [2.45, 2.75) is 0 Å². The maximum Gasteiger partial charge on any atom is 0.00553 e. The average Bonchev–Trinajstić information content (AvgIpc) is 3.14. The molecule has 0 amide bonds. The summed E-state index contributed by atoms with van der Waals surface area (Å²) in [6, 6.07) is 44.6. The Morgan fingerprint density at radius 1 is 0.562 bits per heavy atom. The molecule has 0 radical (unpaired) electrons. The Morgan fingerprint density at radius 3 is 1.23 bits per heavy atom. The number of methoxy groups -OCH3 is 3. The molecule has 10 heteroatoms. The van der Waals surface area contributed by atoms with Gasteiger partial charge >= 0.3 is 169 Å². The second-order valence-corrected chi connectivity index (χ2v) is 21.8. The van der Waals surface area contributed by atoms with E-state index in [4.69, 9.17) is 36.7 Å². The molecule has 0 unspecified atom stereocenters. The van der Waals surface area contributed by atoms with Crippen LogP contribution in [0.1, 0.15) is 0 Å². The van der Waals surface area contributed by atoms with Gasteiger partial charge in [0.15, 0.2) is 0 Å². The summed E-state index contributed by atoms with van der Waals surface area (Å²) in [6.45, 7) is 2.20. The average molecular weight is 828 g/mol. The van der Waals surface area contributed by atoms with Crippen molar-refractivity contribution < 1.29 is 33.7 Å². The molecule has 0 aliphatic rings. The van der Waals surface area contributed by atoms with E-state index in [1.54, 1.807) is 21.3 Å². The zero-order valence-electron chi connectivity index (χ0n) is 27.7. The molecule has 0 aliphatic heterocycles. The topological polar surface area (TPSA) is 39.7 Å². The SMILES string of the molecule is COc1ccc(P(Cl)(Cl)(c2ccc(OC)cc2)c2ccc(OC)cc2)cc1.CSCCNCCP(c1ccccc1)c1ccccc1.[Ru]. The Balaban J connectivity index is 0.000000266. The maximum atomic E-state index is 7.43. The first-order valence-corrected chi connectivity index (χ1v) is 22.3. The molecular weight excluding hydrogens is 784 g/mol. The smallest absolute Gasteiger partial charge is 0.00553 e. The van der Waals surface area contributed by atoms with Gasteiger partial charge in [0.2, 0.25) is 0 Å². The second-order valence-electron chi connectivity index (χ2n) is 10.6. The molecular formula is C38H43Cl2NO3P2RuS. The standard InChI is InChI=1S/C21H21Cl2O3P.C17H22NPS.Ru/c1-24-16-4-10-19(11-5-16)27(22,23,20-12-6-17(25-2)7-13-20)21-14-8-18(26-3)9-15-21;1-20-15-13-18-12-14-19(16-8-4-2-5-9-16)17-10-6-3-7-11-17;/h4-15H,1-3H3;2-11,18H,12-15H2,1H3;. The minimum Gasteiger partial charge on any atom is -0.316 e. The van der Waals surface area contributed by atoms with Crippen LogP contribution in [0.15, 0.2) is 133 Å². The molecule has 4 nitrogen and oxygen atoms in total. The van der Waals surface area contributed by atoms with Crippen LogP contribution in [-0.4, -0.2) is 52.6 Å². The normalized spacial score (nSPS) is 11.7. The number of thioether (sulfide) groups is 1. The molecule has 48 heavy (non-hydrogen) atoms. The molecule has 0 fully saturated rings. The van der Waals surface area contributed by atoms with E-state index >= 15 is 0 Å². The summed E-state index contributed by atoms with van der Waals surface area (Å²) in [5, 5.41) is 5.29. The van der Waals surface area contributed by atoms with Crippen molar-refractivity contribution in [1.82, 2.24) is 5.32 Å². The van der Waals surface area contributed by atoms with Crippen LogP contribution >= 0.6 is 47.5 Å². The van der Waals surface area contributed by atoms with Crippen LogP contribution < -0.4 is 46.1 Å². The Morgan fingerprint density at radius 2 is 0.917 bits per heavy atom. The van der Waals surface area contributed by atoms with E-state index in [2.05, 4.69) is 72.2 Å². The predicted molar refractivity (Wildman–Crippen MR) is 212 cm³/mol. The first-order chi connectivity index (χ1) is 22.8. The third kappa shape index (κ3) is 10.2. The molecule has 1 N–H and O–H groups in total. The van der Waals surface area contributed by atoms with E-state index in [1.807, 2.05) is 84.6 Å². The van der Waals surface area contributed by atoms with Gasteiger partial charge in [-0.1, -0.05) is 60.7 Å². The summed E-state index contributed by atoms with van der Waals surface area (Å²) in [4.78, 5) is 0. The molecule has 0 heterocycles. The van der Waals surface area contributed by atoms with Gasteiger partial charge in [-0.05, 0) is 37.5 Å². The van der Waals surface area contributed by atoms with Crippen LogP contribution in [0, 0.1) is 0 Å². The fraction of sp³-hybridized carbons (Fsp3) is 0.211. The molecule has 0 spiro atoms. The molecule has 0 saturated carbocycles. The van der Waals surface area contributed by atoms with E-state index in [-0.39, 0.29) is 27.4 Å². The van der Waals surface area contributed by atoms with Crippen LogP contribution in [0.2, 0.25) is 0 Å². The van der Waals surface area contributed by atoms with Gasteiger partial charge in [0.25, 0.3) is 0 Å². The van der Waals surface area contributed by atoms with Gasteiger partial charge in [-0.3, -0.25) is 0 Å². The molecule has 0 bridgehead atoms. The second kappa shape index (κ2) is 19.9. The quantitative estimate of drug-likeness (QED) is 0.0701. The van der Waals surface area contributed by atoms with Gasteiger partial charge in [0.05, 0.1) is 0 Å². The van der Waals surface area contributed by atoms with Gasteiger partial charge in [-0.15, -0.1) is 0 Å². The van der Waals surface area contributed by atoms with Crippen LogP contribution in [0.25, 0.3) is 0 Å². The van der Waals surface area contributed by atoms with Crippen molar-refractivity contribution in [2.75, 3.05) is 52.6 Å². The monoisotopic (exact) mass is 827 g/mol. The number of rotatable bonds is 14. The van der Waals surface area contributed by atoms with Crippen molar-refractivity contribution in [1.29, 1.82) is 0 Å². The third-order valence-corrected chi connectivity index (χ3v) is 18.0. The van der Waals surface area contributed by atoms with Gasteiger partial charge in [0, 0.05) is 31.8 Å². The van der Waals surface area contributed by atoms with Gasteiger partial charge in [-0.2, -0.15) is 11.8 Å². The summed E-state index contributed by atoms with van der Waals surface area (Å²) in [6.07, 6.45) is 3.36. The van der Waals surface area contributed by atoms with E-state index < -0.39 is 5.31 Å². The Bertz CT molecular complexity index is 1470. The van der Waals surface area contributed by atoms with Crippen molar-refractivity contribution in [3.05, 3.63) is 133 Å². The molecule has 0 saturated heterocycles. The zero-order valence-corrected chi connectivity index (χ0v) is 33.5. The number of benzene rings is 5. The Labute approximate surface area is 314 Å². The Hall–Kier alpha value is -2.13. The summed E-state index contributed by atoms with van der Waals surface area (Å²) < 4.78 is 15.8. The number of nitrogens with one attached hydrogen (secondary N) is 1. The zero-order chi connectivity index (χ0) is 33.6. The van der Waals surface area contributed by atoms with Crippen LogP contribution in [0.5, 0.6) is 17.2 Å². The Kier molecular flexibility index (Phi) is 16.7. The first-order valence-electron chi connectivity index (χ1n) is 15.3. The van der Waals surface area contributed by atoms with E-state index in [0.717, 1.165) is 46.3 Å². The number of ether oxygens (including phenoxy) is 3. The fourth-order valence-electron chi connectivity index (χ4n) is 5.09. The van der Waals surface area contributed by atoms with Gasteiger partial charge < -0.3 is 5.32 Å². The van der Waals surface area contributed by atoms with E-state index in [0.29, 0.717) is 0 Å². The van der Waals surface area contributed by atoms with Crippen molar-refractivity contribution >= 4 is 74.0 Å². The number of halogens is 2. The maximum absolute atomic E-state index is 7.43.